The number of carbonyl (C=O) groups is 1. The Kier molecular flexibility index (Phi) is 2.99. The van der Waals surface area contributed by atoms with Crippen LogP contribution in [0.2, 0.25) is 0 Å². The van der Waals surface area contributed by atoms with Crippen LogP contribution in [-0.4, -0.2) is 17.6 Å². The number of hydrogen-bond donors (Lipinski definition) is 0. The van der Waals surface area contributed by atoms with Gasteiger partial charge in [-0.3, -0.25) is 4.98 Å². The van der Waals surface area contributed by atoms with Crippen LogP contribution in [0.5, 0.6) is 0 Å². The minimum atomic E-state index is -0.210. The molecule has 0 amide bonds. The molecule has 0 aliphatic heterocycles. The van der Waals surface area contributed by atoms with Crippen molar-refractivity contribution in [3.8, 4) is 0 Å². The Morgan fingerprint density at radius 1 is 1.47 bits per heavy atom. The molecule has 80 valence electrons. The lowest BCUT2D eigenvalue weighted by atomic mass is 9.92. The van der Waals surface area contributed by atoms with Gasteiger partial charge >= 0.3 is 5.97 Å². The second-order valence-corrected chi connectivity index (χ2v) is 3.71. The van der Waals surface area contributed by atoms with Crippen LogP contribution in [0.15, 0.2) is 12.3 Å². The van der Waals surface area contributed by atoms with Gasteiger partial charge in [-0.25, -0.2) is 4.79 Å². The first kappa shape index (κ1) is 10.1. The first-order valence-electron chi connectivity index (χ1n) is 5.46. The number of fused-ring (bicyclic) bond motifs is 1. The Morgan fingerprint density at radius 2 is 2.27 bits per heavy atom. The van der Waals surface area contributed by atoms with Crippen LogP contribution < -0.4 is 0 Å². The molecule has 0 N–H and O–H groups in total. The third-order valence-corrected chi connectivity index (χ3v) is 2.73. The molecule has 15 heavy (non-hydrogen) atoms. The van der Waals surface area contributed by atoms with Gasteiger partial charge in [0, 0.05) is 11.9 Å². The van der Waals surface area contributed by atoms with Gasteiger partial charge in [-0.15, -0.1) is 0 Å². The third-order valence-electron chi connectivity index (χ3n) is 2.73. The van der Waals surface area contributed by atoms with E-state index in [0.717, 1.165) is 30.5 Å². The largest absolute Gasteiger partial charge is 0.462 e. The molecule has 0 unspecified atom stereocenters. The van der Waals surface area contributed by atoms with Gasteiger partial charge in [0.1, 0.15) is 0 Å². The maximum atomic E-state index is 11.7. The Hall–Kier alpha value is -1.38. The van der Waals surface area contributed by atoms with Crippen molar-refractivity contribution in [1.29, 1.82) is 0 Å². The van der Waals surface area contributed by atoms with Crippen molar-refractivity contribution >= 4 is 5.97 Å². The first-order valence-corrected chi connectivity index (χ1v) is 5.46. The van der Waals surface area contributed by atoms with Crippen molar-refractivity contribution in [1.82, 2.24) is 4.98 Å². The van der Waals surface area contributed by atoms with E-state index in [1.54, 1.807) is 12.3 Å². The van der Waals surface area contributed by atoms with Gasteiger partial charge in [0.25, 0.3) is 0 Å². The predicted molar refractivity (Wildman–Crippen MR) is 56.8 cm³/mol. The maximum Gasteiger partial charge on any atom is 0.338 e. The molecular formula is C12H15NO2. The summed E-state index contributed by atoms with van der Waals surface area (Å²) in [7, 11) is 0. The summed E-state index contributed by atoms with van der Waals surface area (Å²) < 4.78 is 5.03. The first-order chi connectivity index (χ1) is 7.33. The van der Waals surface area contributed by atoms with Gasteiger partial charge in [0.15, 0.2) is 0 Å². The number of nitrogens with zero attached hydrogens (tertiary/aromatic N) is 1. The van der Waals surface area contributed by atoms with E-state index in [9.17, 15) is 4.79 Å². The summed E-state index contributed by atoms with van der Waals surface area (Å²) in [4.78, 5) is 16.0. The highest BCUT2D eigenvalue weighted by atomic mass is 16.5. The molecule has 0 spiro atoms. The number of esters is 1. The Bertz CT molecular complexity index is 374. The van der Waals surface area contributed by atoms with Crippen molar-refractivity contribution in [2.75, 3.05) is 6.61 Å². The highest BCUT2D eigenvalue weighted by Crippen LogP contribution is 2.22. The number of ether oxygens (including phenoxy) is 1. The highest BCUT2D eigenvalue weighted by molar-refractivity contribution is 5.91. The zero-order chi connectivity index (χ0) is 10.7. The minimum absolute atomic E-state index is 0.210. The molecule has 2 rings (SSSR count). The van der Waals surface area contributed by atoms with Crippen molar-refractivity contribution in [3.05, 3.63) is 29.1 Å². The SMILES string of the molecule is CCOC(=O)c1ccnc2c1CCCC2. The highest BCUT2D eigenvalue weighted by Gasteiger charge is 2.18. The van der Waals surface area contributed by atoms with Crippen molar-refractivity contribution in [2.45, 2.75) is 32.6 Å². The predicted octanol–water partition coefficient (Wildman–Crippen LogP) is 2.14. The number of hydrogen-bond acceptors (Lipinski definition) is 3. The smallest absolute Gasteiger partial charge is 0.338 e. The summed E-state index contributed by atoms with van der Waals surface area (Å²) in [6.07, 6.45) is 5.97. The molecule has 1 aliphatic carbocycles. The Labute approximate surface area is 89.5 Å². The van der Waals surface area contributed by atoms with E-state index in [4.69, 9.17) is 4.74 Å². The average Bonchev–Trinajstić information content (AvgIpc) is 2.28. The van der Waals surface area contributed by atoms with Crippen LogP contribution in [0.25, 0.3) is 0 Å². The fourth-order valence-electron chi connectivity index (χ4n) is 2.02. The number of aryl methyl sites for hydroxylation is 1. The van der Waals surface area contributed by atoms with Gasteiger partial charge in [-0.1, -0.05) is 0 Å². The zero-order valence-corrected chi connectivity index (χ0v) is 8.95. The fourth-order valence-corrected chi connectivity index (χ4v) is 2.02. The monoisotopic (exact) mass is 205 g/mol. The van der Waals surface area contributed by atoms with Gasteiger partial charge in [-0.05, 0) is 44.2 Å². The Morgan fingerprint density at radius 3 is 3.07 bits per heavy atom. The van der Waals surface area contributed by atoms with E-state index in [-0.39, 0.29) is 5.97 Å². The quantitative estimate of drug-likeness (QED) is 0.694. The van der Waals surface area contributed by atoms with Gasteiger partial charge < -0.3 is 4.74 Å². The maximum absolute atomic E-state index is 11.7. The molecule has 0 saturated heterocycles. The summed E-state index contributed by atoms with van der Waals surface area (Å²) in [5.41, 5.74) is 2.88. The summed E-state index contributed by atoms with van der Waals surface area (Å²) >= 11 is 0. The second-order valence-electron chi connectivity index (χ2n) is 3.71. The van der Waals surface area contributed by atoms with Gasteiger partial charge in [-0.2, -0.15) is 0 Å². The summed E-state index contributed by atoms with van der Waals surface area (Å²) in [5, 5.41) is 0. The van der Waals surface area contributed by atoms with Gasteiger partial charge in [0.05, 0.1) is 12.2 Å². The third kappa shape index (κ3) is 2.01. The molecule has 0 saturated carbocycles. The lowest BCUT2D eigenvalue weighted by Crippen LogP contribution is -2.14. The molecular weight excluding hydrogens is 190 g/mol. The molecule has 0 bridgehead atoms. The van der Waals surface area contributed by atoms with E-state index in [2.05, 4.69) is 4.98 Å². The van der Waals surface area contributed by atoms with Crippen molar-refractivity contribution in [3.63, 3.8) is 0 Å². The van der Waals surface area contributed by atoms with E-state index in [1.807, 2.05) is 6.92 Å². The van der Waals surface area contributed by atoms with Crippen LogP contribution in [0.1, 0.15) is 41.4 Å². The molecule has 1 aromatic heterocycles. The topological polar surface area (TPSA) is 39.2 Å². The van der Waals surface area contributed by atoms with E-state index < -0.39 is 0 Å². The number of aromatic nitrogens is 1. The lowest BCUT2D eigenvalue weighted by Gasteiger charge is -2.17. The fraction of sp³-hybridized carbons (Fsp3) is 0.500. The molecule has 0 radical (unpaired) electrons. The van der Waals surface area contributed by atoms with Crippen LogP contribution >= 0.6 is 0 Å². The number of pyridine rings is 1. The van der Waals surface area contributed by atoms with Crippen LogP contribution in [-0.2, 0) is 17.6 Å². The molecule has 0 aromatic carbocycles. The number of carbonyl (C=O) groups excluding carboxylic acids is 1. The summed E-state index contributed by atoms with van der Waals surface area (Å²) in [6, 6.07) is 1.77. The second kappa shape index (κ2) is 4.43. The molecule has 3 nitrogen and oxygen atoms in total. The molecule has 3 heteroatoms. The summed E-state index contributed by atoms with van der Waals surface area (Å²) in [6.45, 7) is 2.25. The molecule has 1 aliphatic rings. The lowest BCUT2D eigenvalue weighted by molar-refractivity contribution is 0.0524. The van der Waals surface area contributed by atoms with E-state index in [0.29, 0.717) is 12.2 Å². The van der Waals surface area contributed by atoms with E-state index in [1.165, 1.54) is 6.42 Å². The number of rotatable bonds is 2. The van der Waals surface area contributed by atoms with Crippen LogP contribution in [0.3, 0.4) is 0 Å². The van der Waals surface area contributed by atoms with Gasteiger partial charge in [0.2, 0.25) is 0 Å². The zero-order valence-electron chi connectivity index (χ0n) is 8.95. The molecule has 0 atom stereocenters. The van der Waals surface area contributed by atoms with Crippen LogP contribution in [0.4, 0.5) is 0 Å². The Balaban J connectivity index is 2.34. The molecule has 1 heterocycles. The molecule has 1 aromatic rings. The normalized spacial score (nSPS) is 14.5. The van der Waals surface area contributed by atoms with E-state index >= 15 is 0 Å². The average molecular weight is 205 g/mol. The van der Waals surface area contributed by atoms with Crippen molar-refractivity contribution in [2.24, 2.45) is 0 Å². The minimum Gasteiger partial charge on any atom is -0.462 e. The summed E-state index contributed by atoms with van der Waals surface area (Å²) in [5.74, 6) is -0.210. The van der Waals surface area contributed by atoms with Crippen LogP contribution in [0, 0.1) is 0 Å². The standard InChI is InChI=1S/C12H15NO2/c1-2-15-12(14)10-7-8-13-11-6-4-3-5-9(10)11/h7-8H,2-6H2,1H3. The molecule has 0 fully saturated rings. The van der Waals surface area contributed by atoms with Crippen molar-refractivity contribution < 1.29 is 9.53 Å².